The van der Waals surface area contributed by atoms with Crippen LogP contribution in [0.3, 0.4) is 0 Å². The van der Waals surface area contributed by atoms with E-state index in [4.69, 9.17) is 0 Å². The summed E-state index contributed by atoms with van der Waals surface area (Å²) in [7, 11) is 0. The molecule has 3 N–H and O–H groups in total. The molecule has 4 nitrogen and oxygen atoms in total. The molecule has 2 unspecified atom stereocenters. The van der Waals surface area contributed by atoms with Crippen LogP contribution < -0.4 is 5.32 Å². The van der Waals surface area contributed by atoms with Crippen molar-refractivity contribution in [2.24, 2.45) is 0 Å². The zero-order valence-electron chi connectivity index (χ0n) is 27.8. The van der Waals surface area contributed by atoms with Crippen LogP contribution in [0.1, 0.15) is 168 Å². The van der Waals surface area contributed by atoms with E-state index < -0.39 is 12.1 Å². The zero-order chi connectivity index (χ0) is 30.8. The molecular weight excluding hydrogens is 518 g/mol. The molecule has 0 aliphatic carbocycles. The molecule has 0 aromatic heterocycles. The average Bonchev–Trinajstić information content (AvgIpc) is 2.99. The molecule has 0 radical (unpaired) electrons. The highest BCUT2D eigenvalue weighted by molar-refractivity contribution is 5.76. The van der Waals surface area contributed by atoms with Gasteiger partial charge >= 0.3 is 0 Å². The first-order valence-electron chi connectivity index (χ1n) is 17.9. The maximum absolute atomic E-state index is 12.3. The van der Waals surface area contributed by atoms with Crippen molar-refractivity contribution in [2.45, 2.75) is 180 Å². The van der Waals surface area contributed by atoms with Gasteiger partial charge in [0.2, 0.25) is 5.91 Å². The van der Waals surface area contributed by atoms with Crippen molar-refractivity contribution < 1.29 is 15.0 Å². The fraction of sp³-hybridized carbons (Fsp3) is 0.763. The molecule has 0 aliphatic rings. The van der Waals surface area contributed by atoms with Crippen molar-refractivity contribution >= 4 is 5.91 Å². The van der Waals surface area contributed by atoms with Gasteiger partial charge in [-0.15, -0.1) is 0 Å². The van der Waals surface area contributed by atoms with Crippen LogP contribution in [0.2, 0.25) is 0 Å². The minimum atomic E-state index is -0.865. The molecule has 1 amide bonds. The first-order valence-corrected chi connectivity index (χ1v) is 17.9. The molecule has 0 spiro atoms. The van der Waals surface area contributed by atoms with Gasteiger partial charge in [-0.1, -0.05) is 152 Å². The monoisotopic (exact) mass is 588 g/mol. The smallest absolute Gasteiger partial charge is 0.220 e. The Kier molecular flexibility index (Phi) is 32.5. The largest absolute Gasteiger partial charge is 0.394 e. The average molecular weight is 588 g/mol. The molecule has 2 atom stereocenters. The van der Waals surface area contributed by atoms with Gasteiger partial charge in [-0.05, 0) is 57.8 Å². The SMILES string of the molecule is CCCCC/C=C\C=C/CCCCCCCCC(=O)NC(CO)C(O)/C=C/CC/C=C/CCCCCCCCCCC. The topological polar surface area (TPSA) is 69.6 Å². The highest BCUT2D eigenvalue weighted by atomic mass is 16.3. The van der Waals surface area contributed by atoms with Crippen molar-refractivity contribution in [3.63, 3.8) is 0 Å². The molecule has 4 heteroatoms. The summed E-state index contributed by atoms with van der Waals surface area (Å²) >= 11 is 0. The van der Waals surface area contributed by atoms with E-state index in [1.165, 1.54) is 103 Å². The standard InChI is InChI=1S/C38H69NO3/c1-3-5-7-9-11-13-15-17-19-21-23-25-27-29-31-33-37(41)36(35-40)39-38(42)34-32-30-28-26-24-22-20-18-16-14-12-10-8-6-4-2/h12,14,16,18,23,25,31,33,36-37,40-41H,3-11,13,15,17,19-22,24,26-30,32,34-35H2,1-2H3,(H,39,42)/b14-12-,18-16-,25-23+,33-31+. The fourth-order valence-corrected chi connectivity index (χ4v) is 5.01. The molecule has 244 valence electrons. The molecule has 0 heterocycles. The minimum absolute atomic E-state index is 0.0891. The summed E-state index contributed by atoms with van der Waals surface area (Å²) in [6.45, 7) is 4.24. The number of carbonyl (C=O) groups is 1. The minimum Gasteiger partial charge on any atom is -0.394 e. The van der Waals surface area contributed by atoms with E-state index in [0.29, 0.717) is 6.42 Å². The summed E-state index contributed by atoms with van der Waals surface area (Å²) in [5.74, 6) is -0.0891. The number of amides is 1. The van der Waals surface area contributed by atoms with E-state index in [9.17, 15) is 15.0 Å². The second-order valence-electron chi connectivity index (χ2n) is 12.0. The summed E-state index contributed by atoms with van der Waals surface area (Å²) in [5.41, 5.74) is 0. The fourth-order valence-electron chi connectivity index (χ4n) is 5.01. The van der Waals surface area contributed by atoms with Gasteiger partial charge in [-0.3, -0.25) is 4.79 Å². The van der Waals surface area contributed by atoms with Crippen molar-refractivity contribution in [3.05, 3.63) is 48.6 Å². The predicted molar refractivity (Wildman–Crippen MR) is 184 cm³/mol. The Morgan fingerprint density at radius 3 is 1.57 bits per heavy atom. The Hall–Kier alpha value is -1.65. The lowest BCUT2D eigenvalue weighted by Crippen LogP contribution is -2.45. The van der Waals surface area contributed by atoms with Gasteiger partial charge in [0.1, 0.15) is 0 Å². The van der Waals surface area contributed by atoms with Gasteiger partial charge in [0.15, 0.2) is 0 Å². The Bertz CT molecular complexity index is 682. The van der Waals surface area contributed by atoms with E-state index >= 15 is 0 Å². The lowest BCUT2D eigenvalue weighted by Gasteiger charge is -2.19. The Morgan fingerprint density at radius 1 is 0.571 bits per heavy atom. The van der Waals surface area contributed by atoms with E-state index in [1.54, 1.807) is 6.08 Å². The van der Waals surface area contributed by atoms with Crippen molar-refractivity contribution in [1.82, 2.24) is 5.32 Å². The van der Waals surface area contributed by atoms with Crippen LogP contribution in [0.5, 0.6) is 0 Å². The van der Waals surface area contributed by atoms with Gasteiger partial charge in [0.25, 0.3) is 0 Å². The van der Waals surface area contributed by atoms with Crippen molar-refractivity contribution in [3.8, 4) is 0 Å². The summed E-state index contributed by atoms with van der Waals surface area (Å²) in [6, 6.07) is -0.643. The third-order valence-corrected chi connectivity index (χ3v) is 7.81. The molecule has 0 aromatic rings. The lowest BCUT2D eigenvalue weighted by molar-refractivity contribution is -0.123. The van der Waals surface area contributed by atoms with Crippen LogP contribution >= 0.6 is 0 Å². The number of aliphatic hydroxyl groups is 2. The van der Waals surface area contributed by atoms with Gasteiger partial charge in [-0.25, -0.2) is 0 Å². The second-order valence-corrected chi connectivity index (χ2v) is 12.0. The van der Waals surface area contributed by atoms with Crippen LogP contribution in [0.15, 0.2) is 48.6 Å². The zero-order valence-corrected chi connectivity index (χ0v) is 27.8. The van der Waals surface area contributed by atoms with E-state index in [0.717, 1.165) is 44.9 Å². The van der Waals surface area contributed by atoms with Crippen molar-refractivity contribution in [2.75, 3.05) is 6.61 Å². The number of hydrogen-bond donors (Lipinski definition) is 3. The van der Waals surface area contributed by atoms with Crippen LogP contribution in [0.25, 0.3) is 0 Å². The molecule has 0 fully saturated rings. The Labute approximate surface area is 261 Å². The van der Waals surface area contributed by atoms with E-state index in [1.807, 2.05) is 6.08 Å². The maximum Gasteiger partial charge on any atom is 0.220 e. The molecule has 0 aliphatic heterocycles. The molecule has 0 rings (SSSR count). The molecule has 42 heavy (non-hydrogen) atoms. The summed E-state index contributed by atoms with van der Waals surface area (Å²) < 4.78 is 0. The Morgan fingerprint density at radius 2 is 1.00 bits per heavy atom. The second kappa shape index (κ2) is 33.8. The third-order valence-electron chi connectivity index (χ3n) is 7.81. The molecule has 0 saturated carbocycles. The maximum atomic E-state index is 12.3. The highest BCUT2D eigenvalue weighted by Crippen LogP contribution is 2.12. The third kappa shape index (κ3) is 29.8. The first-order chi connectivity index (χ1) is 20.7. The first kappa shape index (κ1) is 40.4. The molecule has 0 bridgehead atoms. The predicted octanol–water partition coefficient (Wildman–Crippen LogP) is 10.5. The summed E-state index contributed by atoms with van der Waals surface area (Å²) in [6.07, 6.45) is 44.7. The van der Waals surface area contributed by atoms with Crippen molar-refractivity contribution in [1.29, 1.82) is 0 Å². The van der Waals surface area contributed by atoms with Gasteiger partial charge < -0.3 is 15.5 Å². The van der Waals surface area contributed by atoms with Crippen LogP contribution in [-0.4, -0.2) is 34.9 Å². The Balaban J connectivity index is 3.73. The summed E-state index contributed by atoms with van der Waals surface area (Å²) in [4.78, 5) is 12.3. The van der Waals surface area contributed by atoms with Gasteiger partial charge in [0.05, 0.1) is 18.8 Å². The molecule has 0 aromatic carbocycles. The normalized spacial score (nSPS) is 13.7. The molecule has 0 saturated heterocycles. The van der Waals surface area contributed by atoms with E-state index in [2.05, 4.69) is 55.6 Å². The van der Waals surface area contributed by atoms with E-state index in [-0.39, 0.29) is 12.5 Å². The van der Waals surface area contributed by atoms with Crippen LogP contribution in [0, 0.1) is 0 Å². The quantitative estimate of drug-likeness (QED) is 0.0429. The lowest BCUT2D eigenvalue weighted by atomic mass is 10.1. The van der Waals surface area contributed by atoms with Gasteiger partial charge in [0, 0.05) is 6.42 Å². The number of rotatable bonds is 31. The number of carbonyl (C=O) groups excluding carboxylic acids is 1. The van der Waals surface area contributed by atoms with Crippen LogP contribution in [-0.2, 0) is 4.79 Å². The number of hydrogen-bond acceptors (Lipinski definition) is 3. The molecular formula is C38H69NO3. The van der Waals surface area contributed by atoms with Gasteiger partial charge in [-0.2, -0.15) is 0 Å². The number of nitrogens with one attached hydrogen (secondary N) is 1. The highest BCUT2D eigenvalue weighted by Gasteiger charge is 2.17. The van der Waals surface area contributed by atoms with Crippen LogP contribution in [0.4, 0.5) is 0 Å². The number of aliphatic hydroxyl groups excluding tert-OH is 2. The number of allylic oxidation sites excluding steroid dienone is 7. The number of unbranched alkanes of at least 4 members (excludes halogenated alkanes) is 19. The summed E-state index contributed by atoms with van der Waals surface area (Å²) in [5, 5.41) is 22.8.